The van der Waals surface area contributed by atoms with E-state index in [2.05, 4.69) is 24.1 Å². The summed E-state index contributed by atoms with van der Waals surface area (Å²) in [5.74, 6) is -0.282. The maximum Gasteiger partial charge on any atom is 0.235 e. The van der Waals surface area contributed by atoms with Gasteiger partial charge in [0.05, 0.1) is 26.0 Å². The molecule has 0 bridgehead atoms. The zero-order chi connectivity index (χ0) is 16.1. The topological polar surface area (TPSA) is 79.0 Å². The molecule has 1 heterocycles. The molecule has 124 valence electrons. The Kier molecular flexibility index (Phi) is 6.58. The summed E-state index contributed by atoms with van der Waals surface area (Å²) < 4.78 is 29.0. The van der Waals surface area contributed by atoms with Gasteiger partial charge >= 0.3 is 0 Å². The number of amides is 1. The number of rotatable bonds is 7. The molecule has 0 unspecified atom stereocenters. The van der Waals surface area contributed by atoms with E-state index in [9.17, 15) is 13.2 Å². The molecular weight excluding hydrogens is 294 g/mol. The molecule has 0 aromatic heterocycles. The number of likely N-dealkylation sites (N-methyl/N-ethyl adjacent to an activating group) is 1. The molecule has 1 amide bonds. The standard InChI is InChI=1S/C13H27N3O4S/c1-5-13(2,16-6-8-20-9-7-16)11-14-12(17)10-15(3)21(4,18)19/h5-11H2,1-4H3,(H,14,17)/t13-/m0/s1. The summed E-state index contributed by atoms with van der Waals surface area (Å²) in [6, 6.07) is 0. The Morgan fingerprint density at radius 1 is 1.38 bits per heavy atom. The quantitative estimate of drug-likeness (QED) is 0.683. The third-order valence-corrected chi connectivity index (χ3v) is 5.40. The number of morpholine rings is 1. The summed E-state index contributed by atoms with van der Waals surface area (Å²) in [5, 5.41) is 2.85. The SMILES string of the molecule is CC[C@@](C)(CNC(=O)CN(C)S(C)(=O)=O)N1CCOCC1. The van der Waals surface area contributed by atoms with Crippen LogP contribution in [0, 0.1) is 0 Å². The average Bonchev–Trinajstić information content (AvgIpc) is 2.44. The van der Waals surface area contributed by atoms with E-state index >= 15 is 0 Å². The van der Waals surface area contributed by atoms with Crippen molar-refractivity contribution >= 4 is 15.9 Å². The Labute approximate surface area is 127 Å². The first-order valence-corrected chi connectivity index (χ1v) is 9.04. The van der Waals surface area contributed by atoms with Crippen molar-refractivity contribution < 1.29 is 17.9 Å². The normalized spacial score (nSPS) is 20.2. The highest BCUT2D eigenvalue weighted by Crippen LogP contribution is 2.19. The first kappa shape index (κ1) is 18.3. The lowest BCUT2D eigenvalue weighted by Crippen LogP contribution is -2.57. The van der Waals surface area contributed by atoms with Crippen LogP contribution in [-0.4, -0.2) is 81.8 Å². The average molecular weight is 321 g/mol. The molecule has 0 aliphatic carbocycles. The van der Waals surface area contributed by atoms with E-state index in [0.29, 0.717) is 19.8 Å². The number of carbonyl (C=O) groups excluding carboxylic acids is 1. The summed E-state index contributed by atoms with van der Waals surface area (Å²) in [5.41, 5.74) is -0.136. The molecule has 0 aromatic rings. The number of hydrogen-bond acceptors (Lipinski definition) is 5. The van der Waals surface area contributed by atoms with Crippen LogP contribution in [0.4, 0.5) is 0 Å². The minimum Gasteiger partial charge on any atom is -0.379 e. The second kappa shape index (κ2) is 7.53. The largest absolute Gasteiger partial charge is 0.379 e. The third-order valence-electron chi connectivity index (χ3n) is 4.14. The predicted molar refractivity (Wildman–Crippen MR) is 81.6 cm³/mol. The number of hydrogen-bond donors (Lipinski definition) is 1. The maximum absolute atomic E-state index is 11.9. The van der Waals surface area contributed by atoms with E-state index < -0.39 is 10.0 Å². The molecule has 0 radical (unpaired) electrons. The lowest BCUT2D eigenvalue weighted by molar-refractivity contribution is -0.122. The van der Waals surface area contributed by atoms with Crippen molar-refractivity contribution in [1.29, 1.82) is 0 Å². The van der Waals surface area contributed by atoms with Crippen molar-refractivity contribution in [2.75, 3.05) is 52.7 Å². The Morgan fingerprint density at radius 3 is 2.43 bits per heavy atom. The summed E-state index contributed by atoms with van der Waals surface area (Å²) in [6.07, 6.45) is 1.99. The fourth-order valence-corrected chi connectivity index (χ4v) is 2.58. The molecule has 21 heavy (non-hydrogen) atoms. The summed E-state index contributed by atoms with van der Waals surface area (Å²) in [4.78, 5) is 14.2. The summed E-state index contributed by atoms with van der Waals surface area (Å²) in [6.45, 7) is 7.67. The highest BCUT2D eigenvalue weighted by atomic mass is 32.2. The number of nitrogens with one attached hydrogen (secondary N) is 1. The van der Waals surface area contributed by atoms with Crippen LogP contribution in [0.5, 0.6) is 0 Å². The Bertz CT molecular complexity index is 448. The molecule has 1 rings (SSSR count). The van der Waals surface area contributed by atoms with Gasteiger partial charge in [-0.15, -0.1) is 0 Å². The highest BCUT2D eigenvalue weighted by molar-refractivity contribution is 7.88. The zero-order valence-electron chi connectivity index (χ0n) is 13.4. The van der Waals surface area contributed by atoms with Crippen LogP contribution < -0.4 is 5.32 Å². The minimum atomic E-state index is -3.33. The van der Waals surface area contributed by atoms with E-state index in [-0.39, 0.29) is 18.0 Å². The van der Waals surface area contributed by atoms with Gasteiger partial charge in [0.25, 0.3) is 0 Å². The van der Waals surface area contributed by atoms with E-state index in [1.54, 1.807) is 0 Å². The predicted octanol–water partition coefficient (Wildman–Crippen LogP) is -0.505. The molecule has 1 atom stereocenters. The molecule has 0 aromatic carbocycles. The molecule has 1 fully saturated rings. The van der Waals surface area contributed by atoms with E-state index in [1.165, 1.54) is 7.05 Å². The lowest BCUT2D eigenvalue weighted by Gasteiger charge is -2.43. The lowest BCUT2D eigenvalue weighted by atomic mass is 9.95. The van der Waals surface area contributed by atoms with E-state index in [1.807, 2.05) is 0 Å². The first-order valence-electron chi connectivity index (χ1n) is 7.20. The van der Waals surface area contributed by atoms with Gasteiger partial charge in [0, 0.05) is 32.2 Å². The monoisotopic (exact) mass is 321 g/mol. The highest BCUT2D eigenvalue weighted by Gasteiger charge is 2.31. The zero-order valence-corrected chi connectivity index (χ0v) is 14.2. The number of sulfonamides is 1. The second-order valence-corrected chi connectivity index (χ2v) is 7.84. The van der Waals surface area contributed by atoms with Crippen LogP contribution in [0.1, 0.15) is 20.3 Å². The molecule has 0 spiro atoms. The van der Waals surface area contributed by atoms with Crippen LogP contribution in [0.2, 0.25) is 0 Å². The second-order valence-electron chi connectivity index (χ2n) is 5.75. The molecule has 0 saturated carbocycles. The fraction of sp³-hybridized carbons (Fsp3) is 0.923. The molecule has 1 aliphatic rings. The van der Waals surface area contributed by atoms with Crippen LogP contribution in [-0.2, 0) is 19.6 Å². The van der Waals surface area contributed by atoms with Gasteiger partial charge in [-0.3, -0.25) is 9.69 Å². The van der Waals surface area contributed by atoms with Gasteiger partial charge in [-0.25, -0.2) is 8.42 Å². The molecular formula is C13H27N3O4S. The van der Waals surface area contributed by atoms with Gasteiger partial charge < -0.3 is 10.1 Å². The van der Waals surface area contributed by atoms with E-state index in [4.69, 9.17) is 4.74 Å². The van der Waals surface area contributed by atoms with Gasteiger partial charge in [0.15, 0.2) is 0 Å². The van der Waals surface area contributed by atoms with Gasteiger partial charge in [0.1, 0.15) is 0 Å². The van der Waals surface area contributed by atoms with Crippen molar-refractivity contribution in [2.45, 2.75) is 25.8 Å². The Morgan fingerprint density at radius 2 is 1.95 bits per heavy atom. The number of ether oxygens (including phenoxy) is 1. The van der Waals surface area contributed by atoms with E-state index in [0.717, 1.165) is 30.1 Å². The molecule has 1 aliphatic heterocycles. The maximum atomic E-state index is 11.9. The van der Waals surface area contributed by atoms with Crippen molar-refractivity contribution in [2.24, 2.45) is 0 Å². The fourth-order valence-electron chi connectivity index (χ4n) is 2.23. The molecule has 8 heteroatoms. The first-order chi connectivity index (χ1) is 9.69. The Balaban J connectivity index is 2.52. The van der Waals surface area contributed by atoms with Crippen LogP contribution in [0.15, 0.2) is 0 Å². The van der Waals surface area contributed by atoms with Gasteiger partial charge in [-0.2, -0.15) is 4.31 Å². The van der Waals surface area contributed by atoms with Crippen LogP contribution in [0.3, 0.4) is 0 Å². The minimum absolute atomic E-state index is 0.136. The molecule has 1 N–H and O–H groups in total. The third kappa shape index (κ3) is 5.54. The van der Waals surface area contributed by atoms with Gasteiger partial charge in [0.2, 0.25) is 15.9 Å². The van der Waals surface area contributed by atoms with Crippen molar-refractivity contribution in [3.63, 3.8) is 0 Å². The van der Waals surface area contributed by atoms with Crippen molar-refractivity contribution in [1.82, 2.24) is 14.5 Å². The molecule has 7 nitrogen and oxygen atoms in total. The molecule has 1 saturated heterocycles. The van der Waals surface area contributed by atoms with Crippen molar-refractivity contribution in [3.05, 3.63) is 0 Å². The summed E-state index contributed by atoms with van der Waals surface area (Å²) in [7, 11) is -1.93. The number of nitrogens with zero attached hydrogens (tertiary/aromatic N) is 2. The number of carbonyl (C=O) groups is 1. The Hall–Kier alpha value is -0.700. The van der Waals surface area contributed by atoms with Crippen molar-refractivity contribution in [3.8, 4) is 0 Å². The smallest absolute Gasteiger partial charge is 0.235 e. The van der Waals surface area contributed by atoms with Crippen LogP contribution in [0.25, 0.3) is 0 Å². The van der Waals surface area contributed by atoms with Gasteiger partial charge in [-0.05, 0) is 13.3 Å². The summed E-state index contributed by atoms with van der Waals surface area (Å²) >= 11 is 0. The van der Waals surface area contributed by atoms with Crippen LogP contribution >= 0.6 is 0 Å². The van der Waals surface area contributed by atoms with Gasteiger partial charge in [-0.1, -0.05) is 6.92 Å².